The zero-order valence-corrected chi connectivity index (χ0v) is 15.1. The summed E-state index contributed by atoms with van der Waals surface area (Å²) in [5.41, 5.74) is 2.52. The number of methoxy groups -OCH3 is 1. The molecule has 5 heteroatoms. The first kappa shape index (κ1) is 17.0. The number of piperazine rings is 1. The number of ether oxygens (including phenoxy) is 1. The third kappa shape index (κ3) is 3.62. The number of hydrogen-bond donors (Lipinski definition) is 1. The maximum Gasteiger partial charge on any atom is 0.123 e. The minimum atomic E-state index is 0.0176. The van der Waals surface area contributed by atoms with E-state index < -0.39 is 0 Å². The SMILES string of the molecule is COc1ccccc1C1CNCCN1Cc1cnn(C(C)(C)C)c1. The van der Waals surface area contributed by atoms with E-state index in [0.717, 1.165) is 31.9 Å². The fraction of sp³-hybridized carbons (Fsp3) is 0.526. The molecule has 2 aromatic rings. The molecule has 1 atom stereocenters. The average Bonchev–Trinajstić information content (AvgIpc) is 3.04. The van der Waals surface area contributed by atoms with Crippen LogP contribution in [0.3, 0.4) is 0 Å². The second-order valence-electron chi connectivity index (χ2n) is 7.40. The van der Waals surface area contributed by atoms with Crippen LogP contribution in [0.2, 0.25) is 0 Å². The van der Waals surface area contributed by atoms with Crippen molar-refractivity contribution in [3.05, 3.63) is 47.8 Å². The van der Waals surface area contributed by atoms with E-state index in [1.165, 1.54) is 11.1 Å². The van der Waals surface area contributed by atoms with Gasteiger partial charge in [0.05, 0.1) is 24.9 Å². The average molecular weight is 328 g/mol. The molecule has 130 valence electrons. The summed E-state index contributed by atoms with van der Waals surface area (Å²) in [6.07, 6.45) is 4.16. The highest BCUT2D eigenvalue weighted by Gasteiger charge is 2.26. The molecule has 1 aromatic carbocycles. The van der Waals surface area contributed by atoms with Gasteiger partial charge in [0.2, 0.25) is 0 Å². The topological polar surface area (TPSA) is 42.3 Å². The lowest BCUT2D eigenvalue weighted by Gasteiger charge is -2.36. The van der Waals surface area contributed by atoms with Crippen molar-refractivity contribution in [1.29, 1.82) is 0 Å². The van der Waals surface area contributed by atoms with E-state index in [1.54, 1.807) is 7.11 Å². The van der Waals surface area contributed by atoms with Crippen molar-refractivity contribution in [2.75, 3.05) is 26.7 Å². The molecule has 0 aliphatic carbocycles. The summed E-state index contributed by atoms with van der Waals surface area (Å²) in [5.74, 6) is 0.960. The summed E-state index contributed by atoms with van der Waals surface area (Å²) >= 11 is 0. The lowest BCUT2D eigenvalue weighted by Crippen LogP contribution is -2.45. The van der Waals surface area contributed by atoms with Crippen molar-refractivity contribution in [3.63, 3.8) is 0 Å². The summed E-state index contributed by atoms with van der Waals surface area (Å²) < 4.78 is 7.62. The van der Waals surface area contributed by atoms with E-state index in [2.05, 4.69) is 54.4 Å². The van der Waals surface area contributed by atoms with Crippen molar-refractivity contribution in [3.8, 4) is 5.75 Å². The maximum absolute atomic E-state index is 5.57. The fourth-order valence-electron chi connectivity index (χ4n) is 3.23. The molecule has 1 aliphatic rings. The van der Waals surface area contributed by atoms with E-state index in [1.807, 2.05) is 23.0 Å². The molecule has 0 spiro atoms. The van der Waals surface area contributed by atoms with Crippen LogP contribution < -0.4 is 10.1 Å². The Balaban J connectivity index is 1.81. The van der Waals surface area contributed by atoms with Crippen LogP contribution in [0.4, 0.5) is 0 Å². The van der Waals surface area contributed by atoms with Crippen molar-refractivity contribution in [2.45, 2.75) is 38.9 Å². The van der Waals surface area contributed by atoms with Gasteiger partial charge in [0.1, 0.15) is 5.75 Å². The zero-order chi connectivity index (χ0) is 17.2. The number of aromatic nitrogens is 2. The molecule has 2 heterocycles. The molecule has 1 aliphatic heterocycles. The number of benzene rings is 1. The monoisotopic (exact) mass is 328 g/mol. The van der Waals surface area contributed by atoms with Crippen LogP contribution in [0.15, 0.2) is 36.7 Å². The number of rotatable bonds is 4. The van der Waals surface area contributed by atoms with Crippen molar-refractivity contribution in [1.82, 2.24) is 20.0 Å². The Morgan fingerprint density at radius 1 is 1.29 bits per heavy atom. The highest BCUT2D eigenvalue weighted by molar-refractivity contribution is 5.36. The number of nitrogens with one attached hydrogen (secondary N) is 1. The molecule has 0 radical (unpaired) electrons. The molecule has 0 amide bonds. The van der Waals surface area contributed by atoms with Gasteiger partial charge in [0.15, 0.2) is 0 Å². The largest absolute Gasteiger partial charge is 0.496 e. The zero-order valence-electron chi connectivity index (χ0n) is 15.1. The first-order chi connectivity index (χ1) is 11.5. The molecule has 1 fully saturated rings. The molecule has 24 heavy (non-hydrogen) atoms. The van der Waals surface area contributed by atoms with E-state index >= 15 is 0 Å². The second kappa shape index (κ2) is 6.95. The summed E-state index contributed by atoms with van der Waals surface area (Å²) in [4.78, 5) is 2.51. The lowest BCUT2D eigenvalue weighted by atomic mass is 10.0. The van der Waals surface area contributed by atoms with Crippen molar-refractivity contribution in [2.24, 2.45) is 0 Å². The summed E-state index contributed by atoms with van der Waals surface area (Å²) in [6, 6.07) is 8.63. The smallest absolute Gasteiger partial charge is 0.123 e. The summed E-state index contributed by atoms with van der Waals surface area (Å²) in [6.45, 7) is 10.4. The van der Waals surface area contributed by atoms with E-state index in [0.29, 0.717) is 6.04 Å². The Labute approximate surface area is 144 Å². The van der Waals surface area contributed by atoms with Crippen LogP contribution in [0, 0.1) is 0 Å². The molecule has 3 rings (SSSR count). The van der Waals surface area contributed by atoms with Gasteiger partial charge in [-0.25, -0.2) is 0 Å². The first-order valence-electron chi connectivity index (χ1n) is 8.61. The van der Waals surface area contributed by atoms with Crippen LogP contribution in [-0.2, 0) is 12.1 Å². The first-order valence-corrected chi connectivity index (χ1v) is 8.61. The summed E-state index contributed by atoms with van der Waals surface area (Å²) in [7, 11) is 1.74. The molecule has 1 aromatic heterocycles. The van der Waals surface area contributed by atoms with Gasteiger partial charge in [-0.2, -0.15) is 5.10 Å². The molecular weight excluding hydrogens is 300 g/mol. The van der Waals surface area contributed by atoms with Crippen LogP contribution in [0.5, 0.6) is 5.75 Å². The minimum absolute atomic E-state index is 0.0176. The predicted octanol–water partition coefficient (Wildman–Crippen LogP) is 2.79. The molecule has 0 bridgehead atoms. The lowest BCUT2D eigenvalue weighted by molar-refractivity contribution is 0.151. The maximum atomic E-state index is 5.57. The minimum Gasteiger partial charge on any atom is -0.496 e. The Hall–Kier alpha value is -1.85. The van der Waals surface area contributed by atoms with E-state index in [-0.39, 0.29) is 5.54 Å². The molecular formula is C19H28N4O. The van der Waals surface area contributed by atoms with Crippen LogP contribution in [0.25, 0.3) is 0 Å². The van der Waals surface area contributed by atoms with Gasteiger partial charge in [-0.1, -0.05) is 18.2 Å². The number of para-hydroxylation sites is 1. The third-order valence-corrected chi connectivity index (χ3v) is 4.56. The normalized spacial score (nSPS) is 19.4. The van der Waals surface area contributed by atoms with Gasteiger partial charge in [-0.05, 0) is 26.8 Å². The highest BCUT2D eigenvalue weighted by atomic mass is 16.5. The fourth-order valence-corrected chi connectivity index (χ4v) is 3.23. The molecule has 0 saturated carbocycles. The van der Waals surface area contributed by atoms with E-state index in [4.69, 9.17) is 4.74 Å². The van der Waals surface area contributed by atoms with Crippen LogP contribution in [-0.4, -0.2) is 41.4 Å². The van der Waals surface area contributed by atoms with Crippen molar-refractivity contribution < 1.29 is 4.74 Å². The highest BCUT2D eigenvalue weighted by Crippen LogP contribution is 2.31. The third-order valence-electron chi connectivity index (χ3n) is 4.56. The number of hydrogen-bond acceptors (Lipinski definition) is 4. The summed E-state index contributed by atoms with van der Waals surface area (Å²) in [5, 5.41) is 8.05. The van der Waals surface area contributed by atoms with Gasteiger partial charge in [0.25, 0.3) is 0 Å². The molecule has 1 unspecified atom stereocenters. The Morgan fingerprint density at radius 2 is 2.08 bits per heavy atom. The quantitative estimate of drug-likeness (QED) is 0.937. The van der Waals surface area contributed by atoms with Crippen LogP contribution >= 0.6 is 0 Å². The van der Waals surface area contributed by atoms with Gasteiger partial charge < -0.3 is 10.1 Å². The molecule has 5 nitrogen and oxygen atoms in total. The predicted molar refractivity (Wildman–Crippen MR) is 96.2 cm³/mol. The Morgan fingerprint density at radius 3 is 2.79 bits per heavy atom. The van der Waals surface area contributed by atoms with E-state index in [9.17, 15) is 0 Å². The van der Waals surface area contributed by atoms with Gasteiger partial charge in [-0.3, -0.25) is 9.58 Å². The van der Waals surface area contributed by atoms with Crippen molar-refractivity contribution >= 4 is 0 Å². The molecule has 1 N–H and O–H groups in total. The second-order valence-corrected chi connectivity index (χ2v) is 7.40. The Bertz CT molecular complexity index is 674. The number of nitrogens with zero attached hydrogens (tertiary/aromatic N) is 3. The van der Waals surface area contributed by atoms with Gasteiger partial charge >= 0.3 is 0 Å². The Kier molecular flexibility index (Phi) is 4.92. The standard InChI is InChI=1S/C19H28N4O/c1-19(2,3)23-14-15(11-21-23)13-22-10-9-20-12-17(22)16-7-5-6-8-18(16)24-4/h5-8,11,14,17,20H,9-10,12-13H2,1-4H3. The van der Waals surface area contributed by atoms with Gasteiger partial charge in [-0.15, -0.1) is 0 Å². The van der Waals surface area contributed by atoms with Gasteiger partial charge in [0, 0.05) is 43.5 Å². The van der Waals surface area contributed by atoms with Crippen LogP contribution in [0.1, 0.15) is 37.9 Å². The molecule has 1 saturated heterocycles.